The Bertz CT molecular complexity index is 781. The first kappa shape index (κ1) is 33.4. The molecule has 3 nitrogen and oxygen atoms in total. The Labute approximate surface area is 245 Å². The molecule has 0 amide bonds. The van der Waals surface area contributed by atoms with Crippen LogP contribution in [0.2, 0.25) is 0 Å². The molecule has 0 radical (unpaired) electrons. The number of hydrogen-bond acceptors (Lipinski definition) is 3. The molecule has 3 saturated heterocycles. The van der Waals surface area contributed by atoms with Crippen molar-refractivity contribution in [3.63, 3.8) is 0 Å². The molecule has 3 heterocycles. The quantitative estimate of drug-likeness (QED) is 0.285. The van der Waals surface area contributed by atoms with Crippen LogP contribution in [0.25, 0.3) is 0 Å². The molecule has 3 rings (SSSR count). The second-order valence-corrected chi connectivity index (χ2v) is 18.6. The van der Waals surface area contributed by atoms with Gasteiger partial charge in [-0.15, -0.1) is 0 Å². The molecule has 0 bridgehead atoms. The zero-order valence-corrected chi connectivity index (χ0v) is 29.2. The van der Waals surface area contributed by atoms with Crippen LogP contribution >= 0.6 is 0 Å². The van der Waals surface area contributed by atoms with Crippen LogP contribution in [0.3, 0.4) is 0 Å². The predicted octanol–water partition coefficient (Wildman–Crippen LogP) is 8.96. The van der Waals surface area contributed by atoms with Crippen molar-refractivity contribution < 1.29 is 0 Å². The van der Waals surface area contributed by atoms with E-state index < -0.39 is 0 Å². The summed E-state index contributed by atoms with van der Waals surface area (Å²) in [5.74, 6) is 5.13. The summed E-state index contributed by atoms with van der Waals surface area (Å²) in [6.07, 6.45) is 10.7. The highest BCUT2D eigenvalue weighted by Crippen LogP contribution is 2.50. The van der Waals surface area contributed by atoms with E-state index in [0.717, 1.165) is 23.7 Å². The minimum Gasteiger partial charge on any atom is -0.306 e. The summed E-state index contributed by atoms with van der Waals surface area (Å²) in [7, 11) is 0. The van der Waals surface area contributed by atoms with Crippen molar-refractivity contribution in [2.24, 2.45) is 41.4 Å². The van der Waals surface area contributed by atoms with E-state index in [1.165, 1.54) is 51.4 Å². The van der Waals surface area contributed by atoms with Crippen molar-refractivity contribution in [2.45, 2.75) is 188 Å². The van der Waals surface area contributed by atoms with Crippen molar-refractivity contribution in [3.8, 4) is 0 Å². The Morgan fingerprint density at radius 1 is 0.487 bits per heavy atom. The maximum Gasteiger partial charge on any atom is 0.0183 e. The molecule has 3 heteroatoms. The summed E-state index contributed by atoms with van der Waals surface area (Å²) in [5, 5.41) is 12.3. The van der Waals surface area contributed by atoms with Gasteiger partial charge in [0, 0.05) is 33.2 Å². The molecule has 3 aliphatic heterocycles. The van der Waals surface area contributed by atoms with Gasteiger partial charge < -0.3 is 16.0 Å². The van der Waals surface area contributed by atoms with Gasteiger partial charge in [-0.25, -0.2) is 0 Å². The maximum atomic E-state index is 4.13. The van der Waals surface area contributed by atoms with Gasteiger partial charge in [-0.1, -0.05) is 48.0 Å². The van der Waals surface area contributed by atoms with E-state index in [-0.39, 0.29) is 33.2 Å². The van der Waals surface area contributed by atoms with E-state index in [2.05, 4.69) is 120 Å². The normalized spacial score (nSPS) is 41.2. The van der Waals surface area contributed by atoms with Gasteiger partial charge in [-0.05, 0) is 149 Å². The third-order valence-corrected chi connectivity index (χ3v) is 12.2. The average molecular weight is 546 g/mol. The van der Waals surface area contributed by atoms with Gasteiger partial charge in [0.25, 0.3) is 0 Å². The minimum atomic E-state index is 0.191. The Kier molecular flexibility index (Phi) is 9.57. The van der Waals surface area contributed by atoms with E-state index in [0.29, 0.717) is 17.8 Å². The van der Waals surface area contributed by atoms with E-state index in [4.69, 9.17) is 0 Å². The first-order valence-electron chi connectivity index (χ1n) is 16.9. The van der Waals surface area contributed by atoms with Crippen molar-refractivity contribution in [2.75, 3.05) is 0 Å². The molecule has 0 saturated carbocycles. The summed E-state index contributed by atoms with van der Waals surface area (Å²) in [6.45, 7) is 36.9. The monoisotopic (exact) mass is 546 g/mol. The first-order valence-corrected chi connectivity index (χ1v) is 16.9. The smallest absolute Gasteiger partial charge is 0.0183 e. The molecule has 0 aromatic heterocycles. The summed E-state index contributed by atoms with van der Waals surface area (Å²) in [5.41, 5.74) is 1.26. The Morgan fingerprint density at radius 2 is 0.821 bits per heavy atom. The topological polar surface area (TPSA) is 36.1 Å². The van der Waals surface area contributed by atoms with Crippen molar-refractivity contribution in [1.29, 1.82) is 0 Å². The van der Waals surface area contributed by atoms with Crippen LogP contribution in [0.15, 0.2) is 0 Å². The highest BCUT2D eigenvalue weighted by molar-refractivity contribution is 5.07. The average Bonchev–Trinajstić information content (AvgIpc) is 2.69. The molecular weight excluding hydrogens is 474 g/mol. The summed E-state index contributed by atoms with van der Waals surface area (Å²) >= 11 is 0. The van der Waals surface area contributed by atoms with Gasteiger partial charge in [-0.3, -0.25) is 0 Å². The molecule has 6 atom stereocenters. The van der Waals surface area contributed by atoms with Crippen molar-refractivity contribution >= 4 is 0 Å². The van der Waals surface area contributed by atoms with E-state index in [1.807, 2.05) is 0 Å². The summed E-state index contributed by atoms with van der Waals surface area (Å²) < 4.78 is 0. The second-order valence-electron chi connectivity index (χ2n) is 18.6. The fourth-order valence-electron chi connectivity index (χ4n) is 9.80. The zero-order valence-electron chi connectivity index (χ0n) is 29.2. The van der Waals surface area contributed by atoms with Gasteiger partial charge in [0.05, 0.1) is 0 Å². The molecular formula is C36H71N3. The number of nitrogens with one attached hydrogen (secondary N) is 3. The number of rotatable bonds is 8. The van der Waals surface area contributed by atoms with E-state index in [1.54, 1.807) is 0 Å². The minimum absolute atomic E-state index is 0.191. The van der Waals surface area contributed by atoms with Gasteiger partial charge in [0.15, 0.2) is 0 Å². The highest BCUT2D eigenvalue weighted by atomic mass is 15.1. The molecule has 230 valence electrons. The highest BCUT2D eigenvalue weighted by Gasteiger charge is 2.50. The van der Waals surface area contributed by atoms with Crippen LogP contribution in [0.5, 0.6) is 0 Å². The van der Waals surface area contributed by atoms with E-state index in [9.17, 15) is 0 Å². The lowest BCUT2D eigenvalue weighted by molar-refractivity contribution is -0.0103. The van der Waals surface area contributed by atoms with Gasteiger partial charge in [-0.2, -0.15) is 0 Å². The number of piperidine rings is 3. The van der Waals surface area contributed by atoms with Gasteiger partial charge in [0.1, 0.15) is 0 Å². The maximum absolute atomic E-state index is 4.13. The molecule has 3 fully saturated rings. The lowest BCUT2D eigenvalue weighted by atomic mass is 9.58. The first-order chi connectivity index (χ1) is 17.5. The standard InChI is InChI=1S/C36H71N3/c1-24(2)34(13)19-27(18-31(7,8)37-34)16-17-30(28-20-32(9,10)38-35(14,22-28)25(3)4)29-21-33(11,12)39-36(15,23-29)26(5)6/h24-30,37-39H,16-23H2,1-15H3. The molecule has 39 heavy (non-hydrogen) atoms. The Balaban J connectivity index is 1.95. The predicted molar refractivity (Wildman–Crippen MR) is 172 cm³/mol. The lowest BCUT2D eigenvalue weighted by Crippen LogP contribution is -2.65. The molecule has 3 aliphatic rings. The SMILES string of the molecule is CC(C)C1(C)CC(CCC(C2CC(C)(C)NC(C)(C(C)C)C2)C2CC(C)(C)NC(C)(C(C)C)C2)CC(C)(C)N1. The van der Waals surface area contributed by atoms with E-state index >= 15 is 0 Å². The van der Waals surface area contributed by atoms with Crippen LogP contribution < -0.4 is 16.0 Å². The Hall–Kier alpha value is -0.120. The Morgan fingerprint density at radius 3 is 1.18 bits per heavy atom. The molecule has 6 unspecified atom stereocenters. The molecule has 0 aliphatic carbocycles. The summed E-state index contributed by atoms with van der Waals surface area (Å²) in [6, 6.07) is 0. The fraction of sp³-hybridized carbons (Fsp3) is 1.00. The van der Waals surface area contributed by atoms with Crippen molar-refractivity contribution in [1.82, 2.24) is 16.0 Å². The van der Waals surface area contributed by atoms with Crippen LogP contribution in [-0.4, -0.2) is 33.2 Å². The third-order valence-electron chi connectivity index (χ3n) is 12.2. The second kappa shape index (κ2) is 11.2. The van der Waals surface area contributed by atoms with Gasteiger partial charge >= 0.3 is 0 Å². The molecule has 0 spiro atoms. The molecule has 0 aromatic rings. The van der Waals surface area contributed by atoms with Crippen molar-refractivity contribution in [3.05, 3.63) is 0 Å². The summed E-state index contributed by atoms with van der Waals surface area (Å²) in [4.78, 5) is 0. The zero-order chi connectivity index (χ0) is 29.8. The molecule has 0 aromatic carbocycles. The lowest BCUT2D eigenvalue weighted by Gasteiger charge is -2.57. The fourth-order valence-corrected chi connectivity index (χ4v) is 9.80. The van der Waals surface area contributed by atoms with Crippen LogP contribution in [-0.2, 0) is 0 Å². The van der Waals surface area contributed by atoms with Gasteiger partial charge in [0.2, 0.25) is 0 Å². The van der Waals surface area contributed by atoms with Crippen LogP contribution in [0.1, 0.15) is 155 Å². The third kappa shape index (κ3) is 7.84. The number of hydrogen-bond donors (Lipinski definition) is 3. The van der Waals surface area contributed by atoms with Crippen LogP contribution in [0, 0.1) is 41.4 Å². The molecule has 3 N–H and O–H groups in total. The largest absolute Gasteiger partial charge is 0.306 e. The van der Waals surface area contributed by atoms with Crippen LogP contribution in [0.4, 0.5) is 0 Å².